The summed E-state index contributed by atoms with van der Waals surface area (Å²) in [6, 6.07) is 0.636. The first kappa shape index (κ1) is 11.5. The quantitative estimate of drug-likeness (QED) is 0.775. The van der Waals surface area contributed by atoms with Crippen molar-refractivity contribution in [3.8, 4) is 0 Å². The van der Waals surface area contributed by atoms with Crippen LogP contribution in [0.15, 0.2) is 4.42 Å². The highest BCUT2D eigenvalue weighted by Crippen LogP contribution is 2.11. The Labute approximate surface area is 96.2 Å². The Balaban J connectivity index is 1.93. The molecule has 2 rings (SSSR count). The summed E-state index contributed by atoms with van der Waals surface area (Å²) in [5.74, 6) is 1.48. The summed E-state index contributed by atoms with van der Waals surface area (Å²) >= 11 is 0. The van der Waals surface area contributed by atoms with Gasteiger partial charge in [-0.15, -0.1) is 10.2 Å². The lowest BCUT2D eigenvalue weighted by molar-refractivity contribution is 0.125. The number of aryl methyl sites for hydroxylation is 1. The van der Waals surface area contributed by atoms with E-state index in [0.717, 1.165) is 50.8 Å². The highest BCUT2D eigenvalue weighted by molar-refractivity contribution is 4.88. The van der Waals surface area contributed by atoms with Gasteiger partial charge in [-0.25, -0.2) is 0 Å². The van der Waals surface area contributed by atoms with E-state index in [4.69, 9.17) is 4.42 Å². The summed E-state index contributed by atoms with van der Waals surface area (Å²) < 4.78 is 5.54. The number of hydrogen-bond donors (Lipinski definition) is 1. The molecular formula is C11H20N4O. The smallest absolute Gasteiger partial charge is 0.230 e. The maximum atomic E-state index is 5.54. The fourth-order valence-electron chi connectivity index (χ4n) is 1.88. The van der Waals surface area contributed by atoms with Gasteiger partial charge in [0.15, 0.2) is 0 Å². The highest BCUT2D eigenvalue weighted by Gasteiger charge is 2.25. The zero-order chi connectivity index (χ0) is 11.4. The Morgan fingerprint density at radius 2 is 2.06 bits per heavy atom. The molecule has 1 fully saturated rings. The second-order valence-electron chi connectivity index (χ2n) is 4.23. The molecular weight excluding hydrogens is 204 g/mol. The van der Waals surface area contributed by atoms with Crippen molar-refractivity contribution >= 4 is 0 Å². The first-order chi connectivity index (χ1) is 7.83. The van der Waals surface area contributed by atoms with E-state index >= 15 is 0 Å². The Morgan fingerprint density at radius 1 is 1.31 bits per heavy atom. The predicted molar refractivity (Wildman–Crippen MR) is 61.0 cm³/mol. The lowest BCUT2D eigenvalue weighted by Gasteiger charge is -2.37. The molecule has 0 amide bonds. The van der Waals surface area contributed by atoms with E-state index in [0.29, 0.717) is 6.04 Å². The zero-order valence-corrected chi connectivity index (χ0v) is 10.1. The predicted octanol–water partition coefficient (Wildman–Crippen LogP) is 0.816. The molecule has 1 aliphatic heterocycles. The van der Waals surface area contributed by atoms with E-state index in [9.17, 15) is 0 Å². The third-order valence-corrected chi connectivity index (χ3v) is 2.94. The van der Waals surface area contributed by atoms with Crippen molar-refractivity contribution in [3.05, 3.63) is 11.8 Å². The monoisotopic (exact) mass is 224 g/mol. The van der Waals surface area contributed by atoms with E-state index in [1.54, 1.807) is 0 Å². The van der Waals surface area contributed by atoms with Crippen LogP contribution < -0.4 is 5.32 Å². The molecule has 5 nitrogen and oxygen atoms in total. The molecule has 0 atom stereocenters. The summed E-state index contributed by atoms with van der Waals surface area (Å²) in [7, 11) is 0. The fraction of sp³-hybridized carbons (Fsp3) is 0.818. The number of aromatic nitrogens is 2. The van der Waals surface area contributed by atoms with Crippen molar-refractivity contribution in [2.45, 2.75) is 39.3 Å². The van der Waals surface area contributed by atoms with Crippen molar-refractivity contribution in [1.29, 1.82) is 0 Å². The van der Waals surface area contributed by atoms with Gasteiger partial charge in [0.05, 0.1) is 6.54 Å². The molecule has 1 saturated heterocycles. The Kier molecular flexibility index (Phi) is 3.90. The van der Waals surface area contributed by atoms with Gasteiger partial charge < -0.3 is 9.73 Å². The van der Waals surface area contributed by atoms with Crippen molar-refractivity contribution in [2.24, 2.45) is 0 Å². The number of rotatable bonds is 6. The van der Waals surface area contributed by atoms with Gasteiger partial charge in [-0.2, -0.15) is 0 Å². The van der Waals surface area contributed by atoms with Gasteiger partial charge in [0.1, 0.15) is 0 Å². The Morgan fingerprint density at radius 3 is 2.56 bits per heavy atom. The van der Waals surface area contributed by atoms with Crippen LogP contribution in [0.1, 0.15) is 32.0 Å². The topological polar surface area (TPSA) is 54.2 Å². The Hall–Kier alpha value is -0.940. The summed E-state index contributed by atoms with van der Waals surface area (Å²) in [4.78, 5) is 2.42. The third-order valence-electron chi connectivity index (χ3n) is 2.94. The standard InChI is InChI=1S/C11H20N4O/c1-3-5-15(9-6-12-7-9)8-11-14-13-10(4-2)16-11/h9,12H,3-8H2,1-2H3. The molecule has 0 radical (unpaired) electrons. The number of nitrogens with zero attached hydrogens (tertiary/aromatic N) is 3. The van der Waals surface area contributed by atoms with E-state index in [-0.39, 0.29) is 0 Å². The van der Waals surface area contributed by atoms with Gasteiger partial charge in [-0.3, -0.25) is 4.90 Å². The molecule has 0 unspecified atom stereocenters. The first-order valence-electron chi connectivity index (χ1n) is 6.09. The lowest BCUT2D eigenvalue weighted by Crippen LogP contribution is -2.57. The molecule has 1 aliphatic rings. The maximum Gasteiger partial charge on any atom is 0.230 e. The van der Waals surface area contributed by atoms with Crippen LogP contribution in [0.4, 0.5) is 0 Å². The number of nitrogens with one attached hydrogen (secondary N) is 1. The van der Waals surface area contributed by atoms with Gasteiger partial charge in [0.25, 0.3) is 0 Å². The average Bonchev–Trinajstić information content (AvgIpc) is 2.63. The number of hydrogen-bond acceptors (Lipinski definition) is 5. The molecule has 1 aromatic heterocycles. The van der Waals surface area contributed by atoms with Crippen molar-refractivity contribution in [1.82, 2.24) is 20.4 Å². The van der Waals surface area contributed by atoms with Crippen LogP contribution in [-0.2, 0) is 13.0 Å². The minimum atomic E-state index is 0.636. The fourth-order valence-corrected chi connectivity index (χ4v) is 1.88. The molecule has 5 heteroatoms. The van der Waals surface area contributed by atoms with Crippen LogP contribution in [0, 0.1) is 0 Å². The zero-order valence-electron chi connectivity index (χ0n) is 10.1. The maximum absolute atomic E-state index is 5.54. The molecule has 1 aromatic rings. The SMILES string of the molecule is CCCN(Cc1nnc(CC)o1)C1CNC1. The van der Waals surface area contributed by atoms with Crippen LogP contribution in [0.2, 0.25) is 0 Å². The van der Waals surface area contributed by atoms with Crippen molar-refractivity contribution < 1.29 is 4.42 Å². The van der Waals surface area contributed by atoms with Gasteiger partial charge in [-0.1, -0.05) is 13.8 Å². The van der Waals surface area contributed by atoms with E-state index in [1.807, 2.05) is 6.92 Å². The highest BCUT2D eigenvalue weighted by atomic mass is 16.4. The summed E-state index contributed by atoms with van der Waals surface area (Å²) in [6.07, 6.45) is 1.97. The largest absolute Gasteiger partial charge is 0.424 e. The molecule has 0 spiro atoms. The summed E-state index contributed by atoms with van der Waals surface area (Å²) in [5.41, 5.74) is 0. The van der Waals surface area contributed by atoms with Crippen LogP contribution in [0.25, 0.3) is 0 Å². The van der Waals surface area contributed by atoms with E-state index in [1.165, 1.54) is 0 Å². The lowest BCUT2D eigenvalue weighted by atomic mass is 10.1. The van der Waals surface area contributed by atoms with Gasteiger partial charge >= 0.3 is 0 Å². The molecule has 0 bridgehead atoms. The minimum Gasteiger partial charge on any atom is -0.424 e. The van der Waals surface area contributed by atoms with Crippen LogP contribution >= 0.6 is 0 Å². The van der Waals surface area contributed by atoms with Gasteiger partial charge in [0, 0.05) is 25.6 Å². The van der Waals surface area contributed by atoms with Gasteiger partial charge in [0.2, 0.25) is 11.8 Å². The molecule has 1 N–H and O–H groups in total. The van der Waals surface area contributed by atoms with Crippen molar-refractivity contribution in [2.75, 3.05) is 19.6 Å². The van der Waals surface area contributed by atoms with Crippen LogP contribution in [0.5, 0.6) is 0 Å². The van der Waals surface area contributed by atoms with Crippen LogP contribution in [-0.4, -0.2) is 40.8 Å². The Bertz CT molecular complexity index is 322. The second kappa shape index (κ2) is 5.41. The summed E-state index contributed by atoms with van der Waals surface area (Å²) in [5, 5.41) is 11.4. The van der Waals surface area contributed by atoms with Gasteiger partial charge in [-0.05, 0) is 13.0 Å². The first-order valence-corrected chi connectivity index (χ1v) is 6.09. The van der Waals surface area contributed by atoms with Crippen molar-refractivity contribution in [3.63, 3.8) is 0 Å². The molecule has 0 aliphatic carbocycles. The summed E-state index contributed by atoms with van der Waals surface area (Å²) in [6.45, 7) is 8.26. The molecule has 90 valence electrons. The van der Waals surface area contributed by atoms with Crippen LogP contribution in [0.3, 0.4) is 0 Å². The normalized spacial score (nSPS) is 16.7. The average molecular weight is 224 g/mol. The molecule has 2 heterocycles. The molecule has 16 heavy (non-hydrogen) atoms. The molecule has 0 aromatic carbocycles. The third kappa shape index (κ3) is 2.59. The minimum absolute atomic E-state index is 0.636. The van der Waals surface area contributed by atoms with E-state index in [2.05, 4.69) is 27.3 Å². The molecule has 0 saturated carbocycles. The van der Waals surface area contributed by atoms with E-state index < -0.39 is 0 Å². The second-order valence-corrected chi connectivity index (χ2v) is 4.23.